The van der Waals surface area contributed by atoms with Crippen molar-refractivity contribution in [2.24, 2.45) is 23.7 Å². The van der Waals surface area contributed by atoms with Crippen molar-refractivity contribution < 1.29 is 53.4 Å². The van der Waals surface area contributed by atoms with Crippen LogP contribution in [0.1, 0.15) is 88.4 Å². The molecule has 1 amide bonds. The number of aliphatic hydroxyl groups excluding tert-OH is 3. The topological polar surface area (TPSA) is 207 Å². The molecular formula is C46H56N2O12. The minimum atomic E-state index is -2.02. The number of allylic oxidation sites excluding steroid dienone is 2. The lowest BCUT2D eigenvalue weighted by atomic mass is 9.78. The number of fused-ring (bicyclic) bond motifs is 5. The number of phenols is 1. The molecule has 60 heavy (non-hydrogen) atoms. The number of aryl methyl sites for hydroxylation is 1. The van der Waals surface area contributed by atoms with Crippen LogP contribution < -0.4 is 20.2 Å². The van der Waals surface area contributed by atoms with Gasteiger partial charge in [-0.3, -0.25) is 14.4 Å². The van der Waals surface area contributed by atoms with Gasteiger partial charge in [0.25, 0.3) is 11.7 Å². The fourth-order valence-electron chi connectivity index (χ4n) is 8.37. The Balaban J connectivity index is 1.66. The quantitative estimate of drug-likeness (QED) is 0.0813. The Morgan fingerprint density at radius 1 is 0.883 bits per heavy atom. The number of Topliss-reactive ketones (excluding diaryl/α,β-unsaturated/α-hetero) is 1. The van der Waals surface area contributed by atoms with Crippen LogP contribution in [0.5, 0.6) is 17.2 Å². The highest BCUT2D eigenvalue weighted by Crippen LogP contribution is 2.49. The number of rotatable bonds is 3. The minimum absolute atomic E-state index is 0.00237. The molecule has 1 aromatic heterocycles. The molecule has 14 nitrogen and oxygen atoms in total. The molecule has 0 saturated heterocycles. The fourth-order valence-corrected chi connectivity index (χ4v) is 8.37. The first-order valence-electron chi connectivity index (χ1n) is 20.2. The summed E-state index contributed by atoms with van der Waals surface area (Å²) in [5.74, 6) is -6.17. The average molecular weight is 829 g/mol. The number of carbonyl (C=O) groups excluding carboxylic acids is 2. The van der Waals surface area contributed by atoms with Gasteiger partial charge in [-0.25, -0.2) is 4.98 Å². The van der Waals surface area contributed by atoms with Crippen LogP contribution in [0.4, 0.5) is 5.69 Å². The van der Waals surface area contributed by atoms with Gasteiger partial charge in [-0.2, -0.15) is 0 Å². The highest BCUT2D eigenvalue weighted by molar-refractivity contribution is 6.26. The van der Waals surface area contributed by atoms with E-state index in [1.165, 1.54) is 46.5 Å². The van der Waals surface area contributed by atoms with Crippen LogP contribution in [0.2, 0.25) is 0 Å². The molecule has 14 heteroatoms. The van der Waals surface area contributed by atoms with Gasteiger partial charge in [-0.1, -0.05) is 59.8 Å². The molecule has 3 aromatic carbocycles. The lowest BCUT2D eigenvalue weighted by Crippen LogP contribution is -2.44. The zero-order chi connectivity index (χ0) is 44.3. The van der Waals surface area contributed by atoms with E-state index >= 15 is 0 Å². The molecule has 5 bridgehead atoms. The maximum atomic E-state index is 14.7. The summed E-state index contributed by atoms with van der Waals surface area (Å²) >= 11 is 0. The number of aromatic hydroxyl groups is 1. The zero-order valence-electron chi connectivity index (χ0n) is 36.2. The molecule has 5 N–H and O–H groups in total. The third kappa shape index (κ3) is 7.33. The molecular weight excluding hydrogens is 773 g/mol. The fraction of sp³-hybridized carbons (Fsp3) is 0.478. The number of carbonyl (C=O) groups is 2. The number of nitrogens with zero attached hydrogens (tertiary/aromatic N) is 1. The van der Waals surface area contributed by atoms with E-state index in [2.05, 4.69) is 5.32 Å². The first-order valence-corrected chi connectivity index (χ1v) is 20.2. The summed E-state index contributed by atoms with van der Waals surface area (Å²) in [7, 11) is 2.94. The van der Waals surface area contributed by atoms with Gasteiger partial charge < -0.3 is 49.1 Å². The Morgan fingerprint density at radius 3 is 2.17 bits per heavy atom. The van der Waals surface area contributed by atoms with Gasteiger partial charge >= 0.3 is 5.79 Å². The predicted octanol–water partition coefficient (Wildman–Crippen LogP) is 6.87. The Kier molecular flexibility index (Phi) is 12.3. The number of nitrogens with one attached hydrogen (secondary N) is 1. The van der Waals surface area contributed by atoms with Crippen LogP contribution in [-0.4, -0.2) is 81.5 Å². The normalized spacial score (nSPS) is 30.0. The molecule has 322 valence electrons. The maximum Gasteiger partial charge on any atom is 0.312 e. The van der Waals surface area contributed by atoms with Crippen molar-refractivity contribution in [3.63, 3.8) is 0 Å². The second-order valence-corrected chi connectivity index (χ2v) is 16.8. The molecule has 2 aliphatic heterocycles. The Labute approximate surface area is 348 Å². The summed E-state index contributed by atoms with van der Waals surface area (Å²) < 4.78 is 30.4. The Hall–Kier alpha value is -5.28. The number of anilines is 1. The molecule has 0 unspecified atom stereocenters. The summed E-state index contributed by atoms with van der Waals surface area (Å²) in [5, 5.41) is 48.5. The van der Waals surface area contributed by atoms with Gasteiger partial charge in [-0.15, -0.1) is 0 Å². The number of aromatic nitrogens is 1. The van der Waals surface area contributed by atoms with Crippen molar-refractivity contribution in [2.45, 2.75) is 105 Å². The second kappa shape index (κ2) is 16.6. The van der Waals surface area contributed by atoms with Crippen molar-refractivity contribution in [1.82, 2.24) is 4.98 Å². The highest BCUT2D eigenvalue weighted by Gasteiger charge is 2.49. The molecule has 2 aliphatic rings. The number of ketones is 1. The Morgan fingerprint density at radius 2 is 1.53 bits per heavy atom. The minimum Gasteiger partial charge on any atom is -0.505 e. The van der Waals surface area contributed by atoms with E-state index in [1.807, 2.05) is 26.8 Å². The zero-order valence-corrected chi connectivity index (χ0v) is 36.2. The number of hydrogen-bond donors (Lipinski definition) is 5. The number of aliphatic hydroxyl groups is 3. The highest BCUT2D eigenvalue weighted by atomic mass is 16.7. The standard InChI is InChI=1S/C46H56N2O12/c1-19(2)27-18-22(5)32-43(41(27)57-12)59-42-33(47-32)29-30-38(52)26(9)40-31(29)44(54)46(10,60-40)58-17-16-28(56-11)23(6)36(50)25(8)37(51)24(7)35(49)20(3)14-13-15-21(4)45(55)48-34(42)39(30)53/h13-20,23-25,28,35-37,49-51,53H,1-12H3,(H,48,55)/b14-13+,17-16+,21-15-/t20-,23+,24+,25-,28-,35-,36+,37+,46-/m0/s1. The molecule has 0 saturated carbocycles. The van der Waals surface area contributed by atoms with E-state index in [4.69, 9.17) is 28.3 Å². The monoisotopic (exact) mass is 828 g/mol. The third-order valence-electron chi connectivity index (χ3n) is 12.3. The van der Waals surface area contributed by atoms with Crippen molar-refractivity contribution in [3.05, 3.63) is 74.7 Å². The third-order valence-corrected chi connectivity index (χ3v) is 12.3. The van der Waals surface area contributed by atoms with Gasteiger partial charge in [0.2, 0.25) is 0 Å². The van der Waals surface area contributed by atoms with E-state index in [9.17, 15) is 34.8 Å². The molecule has 0 fully saturated rings. The predicted molar refractivity (Wildman–Crippen MR) is 228 cm³/mol. The van der Waals surface area contributed by atoms with Gasteiger partial charge in [-0.05, 0) is 44.4 Å². The second-order valence-electron chi connectivity index (χ2n) is 16.8. The van der Waals surface area contributed by atoms with Gasteiger partial charge in [0.1, 0.15) is 22.5 Å². The van der Waals surface area contributed by atoms with E-state index < -0.39 is 76.7 Å². The van der Waals surface area contributed by atoms with Crippen molar-refractivity contribution in [1.29, 1.82) is 0 Å². The lowest BCUT2D eigenvalue weighted by Gasteiger charge is -2.36. The number of amides is 1. The first kappa shape index (κ1) is 44.3. The van der Waals surface area contributed by atoms with E-state index in [0.717, 1.165) is 5.56 Å². The van der Waals surface area contributed by atoms with E-state index in [-0.39, 0.29) is 61.5 Å². The maximum absolute atomic E-state index is 14.7. The summed E-state index contributed by atoms with van der Waals surface area (Å²) in [6, 6.07) is 1.92. The molecule has 0 radical (unpaired) electrons. The summed E-state index contributed by atoms with van der Waals surface area (Å²) in [6.07, 6.45) is 3.53. The molecule has 6 rings (SSSR count). The van der Waals surface area contributed by atoms with Crippen LogP contribution in [0, 0.1) is 37.5 Å². The van der Waals surface area contributed by atoms with E-state index in [1.54, 1.807) is 46.8 Å². The Bertz CT molecular complexity index is 2540. The van der Waals surface area contributed by atoms with Gasteiger partial charge in [0.15, 0.2) is 28.1 Å². The number of methoxy groups -OCH3 is 2. The van der Waals surface area contributed by atoms with Crippen molar-refractivity contribution in [3.8, 4) is 17.2 Å². The van der Waals surface area contributed by atoms with Crippen LogP contribution in [0.25, 0.3) is 33.0 Å². The van der Waals surface area contributed by atoms with Crippen LogP contribution >= 0.6 is 0 Å². The largest absolute Gasteiger partial charge is 0.505 e. The number of phenolic OH excluding ortho intramolecular Hbond substituents is 1. The summed E-state index contributed by atoms with van der Waals surface area (Å²) in [4.78, 5) is 47.9. The van der Waals surface area contributed by atoms with Crippen LogP contribution in [0.15, 0.2) is 51.4 Å². The number of benzene rings is 3. The molecule has 0 spiro atoms. The number of ether oxygens (including phenoxy) is 4. The molecule has 9 atom stereocenters. The van der Waals surface area contributed by atoms with Crippen LogP contribution in [-0.2, 0) is 14.3 Å². The molecule has 3 heterocycles. The van der Waals surface area contributed by atoms with Crippen molar-refractivity contribution in [2.75, 3.05) is 19.5 Å². The van der Waals surface area contributed by atoms with Gasteiger partial charge in [0.05, 0.1) is 48.7 Å². The first-order chi connectivity index (χ1) is 28.2. The summed E-state index contributed by atoms with van der Waals surface area (Å²) in [5.41, 5.74) is 1.10. The summed E-state index contributed by atoms with van der Waals surface area (Å²) in [6.45, 7) is 17.1. The SMILES string of the molecule is COc1c(C(C)C)cc(C)c2nc3c(oc12)c1c(O)c2c(=O)c(C)c4c(c23)C(=O)[C@@](C)(O/C=C/[C@H](OC)[C@@H](C)[C@@H](O)[C@H](C)[C@H](O)[C@H](C)[C@@H](O)[C@@H](C)/C=C/C=C(/C)C(=O)N1)O4. The smallest absolute Gasteiger partial charge is 0.312 e. The average Bonchev–Trinajstić information content (AvgIpc) is 3.48. The molecule has 4 aromatic rings. The lowest BCUT2D eigenvalue weighted by molar-refractivity contribution is -0.112. The molecule has 0 aliphatic carbocycles. The number of hydrogen-bond acceptors (Lipinski definition) is 13. The van der Waals surface area contributed by atoms with Crippen molar-refractivity contribution >= 4 is 50.3 Å². The van der Waals surface area contributed by atoms with Gasteiger partial charge in [0, 0.05) is 59.8 Å². The van der Waals surface area contributed by atoms with E-state index in [0.29, 0.717) is 16.8 Å². The van der Waals surface area contributed by atoms with Crippen LogP contribution in [0.3, 0.4) is 0 Å².